The minimum absolute atomic E-state index is 0.103. The summed E-state index contributed by atoms with van der Waals surface area (Å²) in [5.74, 6) is -1.30. The van der Waals surface area contributed by atoms with Crippen molar-refractivity contribution in [3.63, 3.8) is 0 Å². The second-order valence-corrected chi connectivity index (χ2v) is 5.89. The Hall–Kier alpha value is -1.14. The number of aliphatic hydroxyl groups is 1. The van der Waals surface area contributed by atoms with Crippen molar-refractivity contribution in [3.8, 4) is 0 Å². The molecule has 0 aromatic rings. The first-order valence-corrected chi connectivity index (χ1v) is 6.90. The molecule has 0 radical (unpaired) electrons. The fourth-order valence-electron chi connectivity index (χ4n) is 3.16. The van der Waals surface area contributed by atoms with Crippen LogP contribution in [0, 0.1) is 0 Å². The van der Waals surface area contributed by atoms with E-state index in [1.165, 1.54) is 4.90 Å². The molecule has 2 fully saturated rings. The Bertz CT molecular complexity index is 366. The van der Waals surface area contributed by atoms with Crippen LogP contribution in [0.15, 0.2) is 0 Å². The van der Waals surface area contributed by atoms with Gasteiger partial charge < -0.3 is 20.8 Å². The maximum Gasteiger partial charge on any atom is 0.326 e. The lowest BCUT2D eigenvalue weighted by atomic mass is 9.80. The molecular weight excluding hydrogens is 248 g/mol. The second-order valence-electron chi connectivity index (χ2n) is 5.89. The van der Waals surface area contributed by atoms with Gasteiger partial charge in [-0.25, -0.2) is 4.79 Å². The molecule has 0 spiro atoms. The van der Waals surface area contributed by atoms with Crippen LogP contribution < -0.4 is 5.73 Å². The van der Waals surface area contributed by atoms with E-state index in [2.05, 4.69) is 0 Å². The molecule has 1 saturated carbocycles. The molecule has 6 nitrogen and oxygen atoms in total. The van der Waals surface area contributed by atoms with E-state index < -0.39 is 23.7 Å². The Kier molecular flexibility index (Phi) is 4.10. The number of carboxylic acids is 1. The van der Waals surface area contributed by atoms with Crippen LogP contribution in [0.4, 0.5) is 0 Å². The van der Waals surface area contributed by atoms with Gasteiger partial charge in [-0.2, -0.15) is 0 Å². The Morgan fingerprint density at radius 1 is 1.26 bits per heavy atom. The molecule has 0 aromatic carbocycles. The summed E-state index contributed by atoms with van der Waals surface area (Å²) in [5, 5.41) is 18.6. The van der Waals surface area contributed by atoms with E-state index in [1.54, 1.807) is 0 Å². The molecule has 1 unspecified atom stereocenters. The number of nitrogens with zero attached hydrogens (tertiary/aromatic N) is 1. The Balaban J connectivity index is 2.00. The molecule has 1 amide bonds. The highest BCUT2D eigenvalue weighted by atomic mass is 16.4. The number of aliphatic hydroxyl groups excluding tert-OH is 1. The molecule has 6 heteroatoms. The zero-order valence-corrected chi connectivity index (χ0v) is 11.0. The molecular formula is C13H22N2O4. The molecule has 2 aliphatic rings. The highest BCUT2D eigenvalue weighted by molar-refractivity contribution is 5.85. The van der Waals surface area contributed by atoms with Crippen molar-refractivity contribution in [2.24, 2.45) is 5.73 Å². The fraction of sp³-hybridized carbons (Fsp3) is 0.846. The summed E-state index contributed by atoms with van der Waals surface area (Å²) in [4.78, 5) is 24.6. The van der Waals surface area contributed by atoms with Crippen molar-refractivity contribution < 1.29 is 19.8 Å². The topological polar surface area (TPSA) is 104 Å². The maximum absolute atomic E-state index is 12.3. The number of amides is 1. The van der Waals surface area contributed by atoms with Crippen molar-refractivity contribution in [1.82, 2.24) is 4.90 Å². The molecule has 2 rings (SSSR count). The lowest BCUT2D eigenvalue weighted by Crippen LogP contribution is -2.49. The summed E-state index contributed by atoms with van der Waals surface area (Å²) < 4.78 is 0. The largest absolute Gasteiger partial charge is 0.480 e. The van der Waals surface area contributed by atoms with E-state index in [-0.39, 0.29) is 25.3 Å². The van der Waals surface area contributed by atoms with Gasteiger partial charge in [0.15, 0.2) is 0 Å². The number of carbonyl (C=O) groups is 2. The van der Waals surface area contributed by atoms with Crippen molar-refractivity contribution in [2.45, 2.75) is 62.6 Å². The number of carboxylic acid groups (broad SMARTS) is 1. The summed E-state index contributed by atoms with van der Waals surface area (Å²) >= 11 is 0. The monoisotopic (exact) mass is 270 g/mol. The zero-order chi connectivity index (χ0) is 14.0. The van der Waals surface area contributed by atoms with Gasteiger partial charge in [0, 0.05) is 24.9 Å². The van der Waals surface area contributed by atoms with Gasteiger partial charge >= 0.3 is 5.97 Å². The third kappa shape index (κ3) is 3.25. The van der Waals surface area contributed by atoms with Crippen LogP contribution in [0.1, 0.15) is 44.9 Å². The summed E-state index contributed by atoms with van der Waals surface area (Å²) in [6, 6.07) is -0.908. The molecule has 0 aromatic heterocycles. The average molecular weight is 270 g/mol. The Morgan fingerprint density at radius 3 is 2.47 bits per heavy atom. The summed E-state index contributed by atoms with van der Waals surface area (Å²) in [5.41, 5.74) is 5.73. The smallest absolute Gasteiger partial charge is 0.326 e. The molecule has 0 bridgehead atoms. The van der Waals surface area contributed by atoms with E-state index in [1.807, 2.05) is 0 Å². The van der Waals surface area contributed by atoms with E-state index in [0.717, 1.165) is 32.1 Å². The minimum Gasteiger partial charge on any atom is -0.480 e. The third-order valence-corrected chi connectivity index (χ3v) is 4.24. The summed E-state index contributed by atoms with van der Waals surface area (Å²) in [6.07, 6.45) is 4.36. The van der Waals surface area contributed by atoms with Crippen molar-refractivity contribution in [2.75, 3.05) is 6.54 Å². The number of nitrogens with two attached hydrogens (primary N) is 1. The van der Waals surface area contributed by atoms with Gasteiger partial charge in [0.2, 0.25) is 5.91 Å². The number of aliphatic carboxylic acids is 1. The highest BCUT2D eigenvalue weighted by Crippen LogP contribution is 2.30. The van der Waals surface area contributed by atoms with Gasteiger partial charge in [-0.15, -0.1) is 0 Å². The minimum atomic E-state index is -1.06. The SMILES string of the molecule is NC1(CC(=O)N2CC(O)C[C@H]2C(=O)O)CCCCC1. The first-order chi connectivity index (χ1) is 8.91. The van der Waals surface area contributed by atoms with Gasteiger partial charge in [-0.1, -0.05) is 19.3 Å². The van der Waals surface area contributed by atoms with E-state index in [0.29, 0.717) is 0 Å². The Morgan fingerprint density at radius 2 is 1.89 bits per heavy atom. The quantitative estimate of drug-likeness (QED) is 0.674. The molecule has 1 aliphatic carbocycles. The van der Waals surface area contributed by atoms with Crippen molar-refractivity contribution in [1.29, 1.82) is 0 Å². The van der Waals surface area contributed by atoms with Crippen LogP contribution in [0.2, 0.25) is 0 Å². The predicted molar refractivity (Wildman–Crippen MR) is 68.4 cm³/mol. The van der Waals surface area contributed by atoms with Gasteiger partial charge in [-0.05, 0) is 12.8 Å². The molecule has 1 saturated heterocycles. The average Bonchev–Trinajstić information content (AvgIpc) is 2.72. The van der Waals surface area contributed by atoms with Crippen LogP contribution in [0.3, 0.4) is 0 Å². The lowest BCUT2D eigenvalue weighted by molar-refractivity contribution is -0.148. The fourth-order valence-corrected chi connectivity index (χ4v) is 3.16. The van der Waals surface area contributed by atoms with Crippen LogP contribution in [0.25, 0.3) is 0 Å². The number of carbonyl (C=O) groups excluding carboxylic acids is 1. The zero-order valence-electron chi connectivity index (χ0n) is 11.0. The third-order valence-electron chi connectivity index (χ3n) is 4.24. The highest BCUT2D eigenvalue weighted by Gasteiger charge is 2.41. The van der Waals surface area contributed by atoms with Crippen LogP contribution >= 0.6 is 0 Å². The van der Waals surface area contributed by atoms with Crippen molar-refractivity contribution >= 4 is 11.9 Å². The Labute approximate surface area is 112 Å². The lowest BCUT2D eigenvalue weighted by Gasteiger charge is -2.34. The number of rotatable bonds is 3. The maximum atomic E-state index is 12.3. The van der Waals surface area contributed by atoms with Gasteiger partial charge in [0.25, 0.3) is 0 Å². The molecule has 1 heterocycles. The normalized spacial score (nSPS) is 30.3. The first kappa shape index (κ1) is 14.3. The van der Waals surface area contributed by atoms with Crippen LogP contribution in [-0.2, 0) is 9.59 Å². The van der Waals surface area contributed by atoms with Crippen molar-refractivity contribution in [3.05, 3.63) is 0 Å². The van der Waals surface area contributed by atoms with Gasteiger partial charge in [0.05, 0.1) is 6.10 Å². The molecule has 4 N–H and O–H groups in total. The predicted octanol–water partition coefficient (Wildman–Crippen LogP) is 0.0845. The number of likely N-dealkylation sites (tertiary alicyclic amines) is 1. The van der Waals surface area contributed by atoms with Gasteiger partial charge in [0.1, 0.15) is 6.04 Å². The van der Waals surface area contributed by atoms with Crippen LogP contribution in [0.5, 0.6) is 0 Å². The van der Waals surface area contributed by atoms with E-state index in [4.69, 9.17) is 10.8 Å². The summed E-state index contributed by atoms with van der Waals surface area (Å²) in [7, 11) is 0. The van der Waals surface area contributed by atoms with E-state index >= 15 is 0 Å². The molecule has 2 atom stereocenters. The van der Waals surface area contributed by atoms with Crippen LogP contribution in [-0.4, -0.2) is 51.2 Å². The molecule has 19 heavy (non-hydrogen) atoms. The first-order valence-electron chi connectivity index (χ1n) is 6.90. The second kappa shape index (κ2) is 5.46. The van der Waals surface area contributed by atoms with E-state index in [9.17, 15) is 14.7 Å². The van der Waals surface area contributed by atoms with Gasteiger partial charge in [-0.3, -0.25) is 4.79 Å². The molecule has 108 valence electrons. The standard InChI is InChI=1S/C13H22N2O4/c14-13(4-2-1-3-5-13)7-11(17)15-8-9(16)6-10(15)12(18)19/h9-10,16H,1-8,14H2,(H,18,19)/t9?,10-/m0/s1. The number of hydrogen-bond acceptors (Lipinski definition) is 4. The number of hydrogen-bond donors (Lipinski definition) is 3. The number of β-amino-alcohol motifs (C(OH)–C–C–N with tert-alkyl or cyclic N) is 1. The molecule has 1 aliphatic heterocycles. The summed E-state index contributed by atoms with van der Waals surface area (Å²) in [6.45, 7) is 0.103.